The Morgan fingerprint density at radius 2 is 2.18 bits per heavy atom. The molecular formula is C14H21N5O2S. The lowest BCUT2D eigenvalue weighted by molar-refractivity contribution is 0.607. The number of aromatic amines is 1. The van der Waals surface area contributed by atoms with Gasteiger partial charge in [-0.1, -0.05) is 13.8 Å². The molecule has 0 aliphatic heterocycles. The van der Waals surface area contributed by atoms with Crippen LogP contribution in [0, 0.1) is 5.92 Å². The number of hydrogen-bond donors (Lipinski definition) is 3. The third-order valence-electron chi connectivity index (χ3n) is 3.31. The molecule has 0 aromatic carbocycles. The molecule has 0 saturated carbocycles. The molecule has 22 heavy (non-hydrogen) atoms. The quantitative estimate of drug-likeness (QED) is 0.750. The van der Waals surface area contributed by atoms with Crippen LogP contribution in [-0.4, -0.2) is 21.1 Å². The normalized spacial score (nSPS) is 11.1. The summed E-state index contributed by atoms with van der Waals surface area (Å²) in [4.78, 5) is 30.4. The fraction of sp³-hybridized carbons (Fsp3) is 0.500. The van der Waals surface area contributed by atoms with Crippen LogP contribution < -0.4 is 22.3 Å². The van der Waals surface area contributed by atoms with Crippen molar-refractivity contribution in [1.82, 2.24) is 14.5 Å². The molecule has 7 nitrogen and oxygen atoms in total. The van der Waals surface area contributed by atoms with Gasteiger partial charge in [-0.2, -0.15) is 0 Å². The molecule has 0 bridgehead atoms. The van der Waals surface area contributed by atoms with Gasteiger partial charge in [-0.25, -0.2) is 9.78 Å². The summed E-state index contributed by atoms with van der Waals surface area (Å²) in [6.07, 6.45) is 1.04. The van der Waals surface area contributed by atoms with Crippen LogP contribution >= 0.6 is 11.3 Å². The van der Waals surface area contributed by atoms with Crippen molar-refractivity contribution in [3.63, 3.8) is 0 Å². The van der Waals surface area contributed by atoms with Gasteiger partial charge in [0.05, 0.1) is 5.69 Å². The third-order valence-corrected chi connectivity index (χ3v) is 4.11. The largest absolute Gasteiger partial charge is 0.384 e. The molecule has 2 aromatic heterocycles. The summed E-state index contributed by atoms with van der Waals surface area (Å²) in [5.41, 5.74) is 5.68. The highest BCUT2D eigenvalue weighted by Crippen LogP contribution is 2.25. The molecule has 4 N–H and O–H groups in total. The van der Waals surface area contributed by atoms with Gasteiger partial charge >= 0.3 is 5.69 Å². The van der Waals surface area contributed by atoms with E-state index in [-0.39, 0.29) is 11.4 Å². The summed E-state index contributed by atoms with van der Waals surface area (Å²) < 4.78 is 1.32. The second kappa shape index (κ2) is 6.78. The Kier molecular flexibility index (Phi) is 5.02. The summed E-state index contributed by atoms with van der Waals surface area (Å²) in [5, 5.41) is 5.74. The van der Waals surface area contributed by atoms with Crippen molar-refractivity contribution in [1.29, 1.82) is 0 Å². The number of aromatic nitrogens is 3. The van der Waals surface area contributed by atoms with Crippen molar-refractivity contribution in [3.8, 4) is 11.3 Å². The number of hydrogen-bond acceptors (Lipinski definition) is 6. The van der Waals surface area contributed by atoms with E-state index in [2.05, 4.69) is 29.1 Å². The molecule has 0 amide bonds. The van der Waals surface area contributed by atoms with Crippen molar-refractivity contribution >= 4 is 22.3 Å². The number of thiazole rings is 1. The fourth-order valence-electron chi connectivity index (χ4n) is 2.09. The maximum Gasteiger partial charge on any atom is 0.329 e. The Morgan fingerprint density at radius 3 is 2.82 bits per heavy atom. The fourth-order valence-corrected chi connectivity index (χ4v) is 2.82. The molecule has 0 unspecified atom stereocenters. The monoisotopic (exact) mass is 323 g/mol. The predicted molar refractivity (Wildman–Crippen MR) is 90.5 cm³/mol. The molecule has 8 heteroatoms. The van der Waals surface area contributed by atoms with E-state index in [1.165, 1.54) is 15.9 Å². The molecule has 0 aliphatic rings. The van der Waals surface area contributed by atoms with Gasteiger partial charge in [-0.3, -0.25) is 14.3 Å². The van der Waals surface area contributed by atoms with E-state index in [1.807, 2.05) is 0 Å². The standard InChI is InChI=1S/C14H21N5O2S/c1-4-19-11(15)10(12(20)18-14(19)21)9-7-22-13(17-9)16-6-5-8(2)3/h7-8H,4-6,15H2,1-3H3,(H,16,17)(H,18,20,21). The van der Waals surface area contributed by atoms with Gasteiger partial charge < -0.3 is 11.1 Å². The number of nitrogens with two attached hydrogens (primary N) is 1. The zero-order valence-electron chi connectivity index (χ0n) is 13.0. The second-order valence-corrected chi connectivity index (χ2v) is 6.27. The second-order valence-electron chi connectivity index (χ2n) is 5.41. The zero-order valence-corrected chi connectivity index (χ0v) is 13.8. The highest BCUT2D eigenvalue weighted by Gasteiger charge is 2.16. The van der Waals surface area contributed by atoms with E-state index in [0.717, 1.165) is 18.1 Å². The van der Waals surface area contributed by atoms with Crippen molar-refractivity contribution in [2.75, 3.05) is 17.6 Å². The first-order chi connectivity index (χ1) is 10.4. The molecule has 2 rings (SSSR count). The Labute approximate surface area is 132 Å². The third kappa shape index (κ3) is 3.38. The summed E-state index contributed by atoms with van der Waals surface area (Å²) >= 11 is 1.41. The van der Waals surface area contributed by atoms with Crippen LogP contribution in [0.4, 0.5) is 10.9 Å². The smallest absolute Gasteiger partial charge is 0.329 e. The molecule has 120 valence electrons. The van der Waals surface area contributed by atoms with Crippen molar-refractivity contribution in [3.05, 3.63) is 26.2 Å². The number of H-pyrrole nitrogens is 1. The minimum Gasteiger partial charge on any atom is -0.384 e. The minimum atomic E-state index is -0.508. The maximum absolute atomic E-state index is 12.0. The van der Waals surface area contributed by atoms with Crippen LogP contribution in [0.3, 0.4) is 0 Å². The molecule has 2 aromatic rings. The van der Waals surface area contributed by atoms with Crippen LogP contribution in [-0.2, 0) is 6.54 Å². The molecular weight excluding hydrogens is 302 g/mol. The summed E-state index contributed by atoms with van der Waals surface area (Å²) in [7, 11) is 0. The molecule has 0 saturated heterocycles. The van der Waals surface area contributed by atoms with E-state index in [0.29, 0.717) is 18.2 Å². The van der Waals surface area contributed by atoms with E-state index >= 15 is 0 Å². The van der Waals surface area contributed by atoms with Crippen molar-refractivity contribution in [2.45, 2.75) is 33.7 Å². The number of rotatable bonds is 6. The number of nitrogens with one attached hydrogen (secondary N) is 2. The Balaban J connectivity index is 2.32. The minimum absolute atomic E-state index is 0.148. The van der Waals surface area contributed by atoms with Gasteiger partial charge in [0.1, 0.15) is 11.4 Å². The van der Waals surface area contributed by atoms with E-state index in [1.54, 1.807) is 12.3 Å². The Hall–Kier alpha value is -2.09. The van der Waals surface area contributed by atoms with Gasteiger partial charge in [-0.05, 0) is 19.3 Å². The molecule has 0 atom stereocenters. The van der Waals surface area contributed by atoms with Gasteiger partial charge in [0, 0.05) is 18.5 Å². The molecule has 0 radical (unpaired) electrons. The highest BCUT2D eigenvalue weighted by atomic mass is 32.1. The SMILES string of the molecule is CCn1c(N)c(-c2csc(NCCC(C)C)n2)c(=O)[nH]c1=O. The number of nitrogens with zero attached hydrogens (tertiary/aromatic N) is 2. The van der Waals surface area contributed by atoms with Crippen LogP contribution in [0.5, 0.6) is 0 Å². The topological polar surface area (TPSA) is 106 Å². The number of nitrogen functional groups attached to an aromatic ring is 1. The summed E-state index contributed by atoms with van der Waals surface area (Å²) in [6.45, 7) is 7.31. The predicted octanol–water partition coefficient (Wildman–Crippen LogP) is 1.72. The van der Waals surface area contributed by atoms with E-state index in [9.17, 15) is 9.59 Å². The molecule has 2 heterocycles. The first-order valence-electron chi connectivity index (χ1n) is 7.26. The zero-order chi connectivity index (χ0) is 16.3. The highest BCUT2D eigenvalue weighted by molar-refractivity contribution is 7.14. The van der Waals surface area contributed by atoms with Crippen molar-refractivity contribution < 1.29 is 0 Å². The Bertz CT molecular complexity index is 759. The van der Waals surface area contributed by atoms with Crippen LogP contribution in [0.1, 0.15) is 27.2 Å². The Morgan fingerprint density at radius 1 is 1.45 bits per heavy atom. The van der Waals surface area contributed by atoms with Crippen LogP contribution in [0.15, 0.2) is 15.0 Å². The van der Waals surface area contributed by atoms with Gasteiger partial charge in [0.2, 0.25) is 0 Å². The molecule has 0 fully saturated rings. The van der Waals surface area contributed by atoms with Gasteiger partial charge in [0.15, 0.2) is 5.13 Å². The van der Waals surface area contributed by atoms with Gasteiger partial charge in [0.25, 0.3) is 5.56 Å². The maximum atomic E-state index is 12.0. The van der Waals surface area contributed by atoms with E-state index in [4.69, 9.17) is 5.73 Å². The first-order valence-corrected chi connectivity index (χ1v) is 8.14. The average Bonchev–Trinajstić information content (AvgIpc) is 2.86. The van der Waals surface area contributed by atoms with E-state index < -0.39 is 11.2 Å². The lowest BCUT2D eigenvalue weighted by atomic mass is 10.1. The lowest BCUT2D eigenvalue weighted by Gasteiger charge is -2.09. The van der Waals surface area contributed by atoms with Gasteiger partial charge in [-0.15, -0.1) is 11.3 Å². The van der Waals surface area contributed by atoms with Crippen LogP contribution in [0.25, 0.3) is 11.3 Å². The van der Waals surface area contributed by atoms with Crippen LogP contribution in [0.2, 0.25) is 0 Å². The molecule has 0 aliphatic carbocycles. The summed E-state index contributed by atoms with van der Waals surface area (Å²) in [6, 6.07) is 0. The summed E-state index contributed by atoms with van der Waals surface area (Å²) in [5.74, 6) is 0.758. The lowest BCUT2D eigenvalue weighted by Crippen LogP contribution is -2.32. The molecule has 0 spiro atoms. The average molecular weight is 323 g/mol. The number of anilines is 2. The first kappa shape index (κ1) is 16.3. The van der Waals surface area contributed by atoms with Crippen molar-refractivity contribution in [2.24, 2.45) is 5.92 Å².